The maximum absolute atomic E-state index is 9.32. The molecule has 0 unspecified atom stereocenters. The van der Waals surface area contributed by atoms with Crippen LogP contribution in [0.4, 0.5) is 0 Å². The van der Waals surface area contributed by atoms with Gasteiger partial charge in [-0.3, -0.25) is 0 Å². The molecule has 0 radical (unpaired) electrons. The van der Waals surface area contributed by atoms with Gasteiger partial charge in [0.05, 0.1) is 12.2 Å². The predicted molar refractivity (Wildman–Crippen MR) is 88.3 cm³/mol. The molecule has 0 fully saturated rings. The fourth-order valence-corrected chi connectivity index (χ4v) is 3.41. The number of thioether (sulfide) groups is 1. The summed E-state index contributed by atoms with van der Waals surface area (Å²) >= 11 is 1.61. The van der Waals surface area contributed by atoms with Gasteiger partial charge in [0.1, 0.15) is 16.8 Å². The second-order valence-electron chi connectivity index (χ2n) is 5.28. The number of aromatic nitrogens is 1. The average molecular weight is 310 g/mol. The first-order chi connectivity index (χ1) is 10.9. The zero-order valence-electron chi connectivity index (χ0n) is 12.4. The van der Waals surface area contributed by atoms with Crippen LogP contribution >= 0.6 is 11.8 Å². The molecule has 3 nitrogen and oxygen atoms in total. The van der Waals surface area contributed by atoms with Crippen LogP contribution in [0.2, 0.25) is 0 Å². The van der Waals surface area contributed by atoms with Crippen molar-refractivity contribution >= 4 is 11.8 Å². The predicted octanol–water partition coefficient (Wildman–Crippen LogP) is 4.00. The van der Waals surface area contributed by atoms with Crippen LogP contribution < -0.4 is 4.74 Å². The molecule has 1 aromatic heterocycles. The molecule has 2 aromatic rings. The van der Waals surface area contributed by atoms with Crippen LogP contribution in [-0.2, 0) is 12.8 Å². The Kier molecular flexibility index (Phi) is 4.97. The maximum Gasteiger partial charge on any atom is 0.119 e. The lowest BCUT2D eigenvalue weighted by Gasteiger charge is -2.16. The van der Waals surface area contributed by atoms with Gasteiger partial charge in [-0.2, -0.15) is 5.26 Å². The van der Waals surface area contributed by atoms with Crippen molar-refractivity contribution in [1.29, 1.82) is 5.26 Å². The Morgan fingerprint density at radius 2 is 2.00 bits per heavy atom. The summed E-state index contributed by atoms with van der Waals surface area (Å²) in [6.07, 6.45) is 4.50. The number of pyridine rings is 1. The molecule has 0 saturated heterocycles. The van der Waals surface area contributed by atoms with Gasteiger partial charge in [-0.1, -0.05) is 18.2 Å². The summed E-state index contributed by atoms with van der Waals surface area (Å²) in [5, 5.41) is 10.2. The van der Waals surface area contributed by atoms with Crippen molar-refractivity contribution in [2.75, 3.05) is 12.4 Å². The van der Waals surface area contributed by atoms with Crippen LogP contribution in [0.1, 0.15) is 29.7 Å². The van der Waals surface area contributed by atoms with Gasteiger partial charge in [-0.05, 0) is 49.4 Å². The molecule has 0 bridgehead atoms. The Bertz CT molecular complexity index is 679. The van der Waals surface area contributed by atoms with Gasteiger partial charge >= 0.3 is 0 Å². The molecule has 3 rings (SSSR count). The standard InChI is InChI=1S/C18H18N2OS/c19-13-15-12-14-6-4-5-9-17(14)20-18(15)22-11-10-21-16-7-2-1-3-8-16/h1-3,7-8,12H,4-6,9-11H2. The SMILES string of the molecule is N#Cc1cc2c(nc1SCCOc1ccccc1)CCCC2. The molecule has 0 atom stereocenters. The van der Waals surface area contributed by atoms with E-state index in [1.807, 2.05) is 36.4 Å². The summed E-state index contributed by atoms with van der Waals surface area (Å²) in [5.74, 6) is 1.66. The van der Waals surface area contributed by atoms with E-state index in [0.717, 1.165) is 29.4 Å². The molecular formula is C18H18N2OS. The van der Waals surface area contributed by atoms with Crippen molar-refractivity contribution in [3.8, 4) is 11.8 Å². The van der Waals surface area contributed by atoms with Gasteiger partial charge in [-0.25, -0.2) is 4.98 Å². The minimum Gasteiger partial charge on any atom is -0.493 e. The molecule has 112 valence electrons. The van der Waals surface area contributed by atoms with Gasteiger partial charge in [0.2, 0.25) is 0 Å². The summed E-state index contributed by atoms with van der Waals surface area (Å²) in [5.41, 5.74) is 3.13. The highest BCUT2D eigenvalue weighted by Crippen LogP contribution is 2.27. The molecule has 0 spiro atoms. The van der Waals surface area contributed by atoms with Crippen molar-refractivity contribution in [3.63, 3.8) is 0 Å². The largest absolute Gasteiger partial charge is 0.493 e. The normalized spacial score (nSPS) is 13.2. The number of ether oxygens (including phenoxy) is 1. The van der Waals surface area contributed by atoms with Gasteiger partial charge in [0.15, 0.2) is 0 Å². The van der Waals surface area contributed by atoms with Crippen LogP contribution in [-0.4, -0.2) is 17.3 Å². The Labute approximate surface area is 135 Å². The number of para-hydroxylation sites is 1. The number of hydrogen-bond acceptors (Lipinski definition) is 4. The van der Waals surface area contributed by atoms with Crippen LogP contribution in [0, 0.1) is 11.3 Å². The lowest BCUT2D eigenvalue weighted by molar-refractivity contribution is 0.344. The van der Waals surface area contributed by atoms with Gasteiger partial charge in [0.25, 0.3) is 0 Å². The quantitative estimate of drug-likeness (QED) is 0.618. The number of nitrogens with zero attached hydrogens (tertiary/aromatic N) is 2. The lowest BCUT2D eigenvalue weighted by Crippen LogP contribution is -2.08. The zero-order valence-corrected chi connectivity index (χ0v) is 13.2. The highest BCUT2D eigenvalue weighted by molar-refractivity contribution is 7.99. The Morgan fingerprint density at radius 1 is 1.18 bits per heavy atom. The smallest absolute Gasteiger partial charge is 0.119 e. The number of fused-ring (bicyclic) bond motifs is 1. The topological polar surface area (TPSA) is 45.9 Å². The second kappa shape index (κ2) is 7.33. The fourth-order valence-electron chi connectivity index (χ4n) is 2.62. The van der Waals surface area contributed by atoms with E-state index in [0.29, 0.717) is 12.2 Å². The minimum atomic E-state index is 0.609. The summed E-state index contributed by atoms with van der Waals surface area (Å²) in [4.78, 5) is 4.71. The van der Waals surface area contributed by atoms with Crippen LogP contribution in [0.25, 0.3) is 0 Å². The molecule has 1 aromatic carbocycles. The molecule has 0 saturated carbocycles. The second-order valence-corrected chi connectivity index (χ2v) is 6.36. The average Bonchev–Trinajstić information content (AvgIpc) is 2.59. The number of aryl methyl sites for hydroxylation is 2. The van der Waals surface area contributed by atoms with E-state index in [2.05, 4.69) is 6.07 Å². The first kappa shape index (κ1) is 14.9. The summed E-state index contributed by atoms with van der Waals surface area (Å²) in [7, 11) is 0. The number of benzene rings is 1. The van der Waals surface area contributed by atoms with Crippen molar-refractivity contribution < 1.29 is 4.74 Å². The van der Waals surface area contributed by atoms with E-state index in [1.54, 1.807) is 11.8 Å². The van der Waals surface area contributed by atoms with E-state index in [1.165, 1.54) is 24.1 Å². The highest BCUT2D eigenvalue weighted by Gasteiger charge is 2.15. The van der Waals surface area contributed by atoms with Crippen LogP contribution in [0.5, 0.6) is 5.75 Å². The summed E-state index contributed by atoms with van der Waals surface area (Å²) in [6.45, 7) is 0.609. The van der Waals surface area contributed by atoms with E-state index in [-0.39, 0.29) is 0 Å². The van der Waals surface area contributed by atoms with Crippen molar-refractivity contribution in [2.45, 2.75) is 30.7 Å². The van der Waals surface area contributed by atoms with Crippen LogP contribution in [0.3, 0.4) is 0 Å². The third kappa shape index (κ3) is 3.61. The molecule has 22 heavy (non-hydrogen) atoms. The molecule has 0 aliphatic heterocycles. The number of nitriles is 1. The summed E-state index contributed by atoms with van der Waals surface area (Å²) in [6, 6.07) is 14.1. The molecule has 1 aliphatic rings. The van der Waals surface area contributed by atoms with Gasteiger partial charge in [0, 0.05) is 11.4 Å². The van der Waals surface area contributed by atoms with E-state index in [9.17, 15) is 5.26 Å². The Hall–Kier alpha value is -1.99. The molecular weight excluding hydrogens is 292 g/mol. The highest BCUT2D eigenvalue weighted by atomic mass is 32.2. The van der Waals surface area contributed by atoms with Crippen molar-refractivity contribution in [1.82, 2.24) is 4.98 Å². The van der Waals surface area contributed by atoms with Gasteiger partial charge in [-0.15, -0.1) is 11.8 Å². The van der Waals surface area contributed by atoms with E-state index < -0.39 is 0 Å². The monoisotopic (exact) mass is 310 g/mol. The molecule has 4 heteroatoms. The van der Waals surface area contributed by atoms with Crippen molar-refractivity contribution in [3.05, 3.63) is 53.2 Å². The van der Waals surface area contributed by atoms with Gasteiger partial charge < -0.3 is 4.74 Å². The number of hydrogen-bond donors (Lipinski definition) is 0. The third-order valence-corrected chi connectivity index (χ3v) is 4.68. The zero-order chi connectivity index (χ0) is 15.2. The lowest BCUT2D eigenvalue weighted by atomic mass is 9.95. The van der Waals surface area contributed by atoms with E-state index >= 15 is 0 Å². The fraction of sp³-hybridized carbons (Fsp3) is 0.333. The Morgan fingerprint density at radius 3 is 2.82 bits per heavy atom. The molecule has 1 heterocycles. The third-order valence-electron chi connectivity index (χ3n) is 3.72. The first-order valence-corrected chi connectivity index (χ1v) is 8.59. The number of rotatable bonds is 5. The Balaban J connectivity index is 1.61. The van der Waals surface area contributed by atoms with Crippen molar-refractivity contribution in [2.24, 2.45) is 0 Å². The molecule has 0 N–H and O–H groups in total. The van der Waals surface area contributed by atoms with Crippen LogP contribution in [0.15, 0.2) is 41.4 Å². The molecule has 1 aliphatic carbocycles. The summed E-state index contributed by atoms with van der Waals surface area (Å²) < 4.78 is 5.68. The molecule has 0 amide bonds. The first-order valence-electron chi connectivity index (χ1n) is 7.60. The van der Waals surface area contributed by atoms with E-state index in [4.69, 9.17) is 9.72 Å². The minimum absolute atomic E-state index is 0.609. The maximum atomic E-state index is 9.32.